The second kappa shape index (κ2) is 7.23. The van der Waals surface area contributed by atoms with Crippen molar-refractivity contribution in [2.45, 2.75) is 40.0 Å². The number of rotatable bonds is 6. The molecular weight excluding hydrogens is 265 g/mol. The summed E-state index contributed by atoms with van der Waals surface area (Å²) >= 11 is 0. The van der Waals surface area contributed by atoms with Crippen LogP contribution >= 0.6 is 0 Å². The summed E-state index contributed by atoms with van der Waals surface area (Å²) in [5.41, 5.74) is 3.07. The van der Waals surface area contributed by atoms with Crippen LogP contribution in [0.25, 0.3) is 0 Å². The fourth-order valence-corrected chi connectivity index (χ4v) is 2.09. The molecule has 2 nitrogen and oxygen atoms in total. The van der Waals surface area contributed by atoms with Gasteiger partial charge in [0.15, 0.2) is 11.6 Å². The Morgan fingerprint density at radius 2 is 1.76 bits per heavy atom. The third-order valence-corrected chi connectivity index (χ3v) is 3.38. The lowest BCUT2D eigenvalue weighted by Gasteiger charge is -2.15. The van der Waals surface area contributed by atoms with E-state index in [0.29, 0.717) is 24.9 Å². The van der Waals surface area contributed by atoms with Crippen LogP contribution in [0.1, 0.15) is 30.5 Å². The summed E-state index contributed by atoms with van der Waals surface area (Å²) in [5.74, 6) is 0.0283. The molecule has 2 aromatic rings. The first-order chi connectivity index (χ1) is 10.1. The van der Waals surface area contributed by atoms with Crippen LogP contribution in [-0.2, 0) is 13.2 Å². The Balaban J connectivity index is 2.13. The second-order valence-corrected chi connectivity index (χ2v) is 5.48. The highest BCUT2D eigenvalue weighted by molar-refractivity contribution is 5.35. The zero-order chi connectivity index (χ0) is 15.2. The van der Waals surface area contributed by atoms with E-state index in [1.807, 2.05) is 37.3 Å². The molecule has 0 atom stereocenters. The Bertz CT molecular complexity index is 596. The lowest BCUT2D eigenvalue weighted by atomic mass is 10.1. The summed E-state index contributed by atoms with van der Waals surface area (Å²) < 4.78 is 19.8. The molecule has 0 saturated carbocycles. The van der Waals surface area contributed by atoms with E-state index in [-0.39, 0.29) is 5.82 Å². The van der Waals surface area contributed by atoms with Gasteiger partial charge < -0.3 is 10.1 Å². The Morgan fingerprint density at radius 1 is 1.05 bits per heavy atom. The van der Waals surface area contributed by atoms with E-state index < -0.39 is 0 Å². The minimum atomic E-state index is -0.313. The van der Waals surface area contributed by atoms with Crippen molar-refractivity contribution in [2.24, 2.45) is 0 Å². The van der Waals surface area contributed by atoms with E-state index in [0.717, 1.165) is 16.7 Å². The molecule has 3 heteroatoms. The number of ether oxygens (including phenoxy) is 1. The van der Waals surface area contributed by atoms with Crippen molar-refractivity contribution >= 4 is 0 Å². The molecule has 1 N–H and O–H groups in total. The highest BCUT2D eigenvalue weighted by Gasteiger charge is 2.11. The van der Waals surface area contributed by atoms with Gasteiger partial charge in [-0.3, -0.25) is 0 Å². The normalized spacial score (nSPS) is 10.9. The molecule has 0 saturated heterocycles. The number of benzene rings is 2. The Hall–Kier alpha value is -1.87. The first-order valence-corrected chi connectivity index (χ1v) is 7.26. The first kappa shape index (κ1) is 15.5. The minimum absolute atomic E-state index is 0.313. The molecule has 0 amide bonds. The van der Waals surface area contributed by atoms with Gasteiger partial charge in [-0.25, -0.2) is 4.39 Å². The standard InChI is InChI=1S/C18H22FNO/c1-13(2)20-11-15-9-6-10-17(19)18(15)21-12-16-8-5-4-7-14(16)3/h4-10,13,20H,11-12H2,1-3H3. The maximum Gasteiger partial charge on any atom is 0.165 e. The van der Waals surface area contributed by atoms with Crippen molar-refractivity contribution in [2.75, 3.05) is 0 Å². The number of para-hydroxylation sites is 1. The van der Waals surface area contributed by atoms with Gasteiger partial charge in [-0.2, -0.15) is 0 Å². The maximum absolute atomic E-state index is 14.0. The summed E-state index contributed by atoms with van der Waals surface area (Å²) in [4.78, 5) is 0. The van der Waals surface area contributed by atoms with Gasteiger partial charge in [0.2, 0.25) is 0 Å². The van der Waals surface area contributed by atoms with Gasteiger partial charge in [0, 0.05) is 18.2 Å². The summed E-state index contributed by atoms with van der Waals surface area (Å²) in [6.07, 6.45) is 0. The fraction of sp³-hybridized carbons (Fsp3) is 0.333. The highest BCUT2D eigenvalue weighted by Crippen LogP contribution is 2.24. The largest absolute Gasteiger partial charge is 0.485 e. The molecule has 2 rings (SSSR count). The third-order valence-electron chi connectivity index (χ3n) is 3.38. The zero-order valence-corrected chi connectivity index (χ0v) is 12.8. The smallest absolute Gasteiger partial charge is 0.165 e. The predicted molar refractivity (Wildman–Crippen MR) is 83.9 cm³/mol. The van der Waals surface area contributed by atoms with E-state index in [2.05, 4.69) is 19.2 Å². The molecule has 0 aliphatic heterocycles. The Morgan fingerprint density at radius 3 is 2.48 bits per heavy atom. The van der Waals surface area contributed by atoms with Crippen molar-refractivity contribution in [3.63, 3.8) is 0 Å². The molecule has 0 spiro atoms. The van der Waals surface area contributed by atoms with Gasteiger partial charge in [0.1, 0.15) is 6.61 Å². The Labute approximate surface area is 126 Å². The van der Waals surface area contributed by atoms with Crippen LogP contribution < -0.4 is 10.1 Å². The minimum Gasteiger partial charge on any atom is -0.485 e. The summed E-state index contributed by atoms with van der Waals surface area (Å²) in [5, 5.41) is 3.29. The van der Waals surface area contributed by atoms with Gasteiger partial charge in [-0.15, -0.1) is 0 Å². The van der Waals surface area contributed by atoms with Crippen molar-refractivity contribution < 1.29 is 9.13 Å². The number of halogens is 1. The molecule has 0 fully saturated rings. The van der Waals surface area contributed by atoms with E-state index >= 15 is 0 Å². The quantitative estimate of drug-likeness (QED) is 0.859. The van der Waals surface area contributed by atoms with Crippen molar-refractivity contribution in [3.05, 3.63) is 65.0 Å². The van der Waals surface area contributed by atoms with Crippen LogP contribution in [0.3, 0.4) is 0 Å². The fourth-order valence-electron chi connectivity index (χ4n) is 2.09. The molecule has 21 heavy (non-hydrogen) atoms. The lowest BCUT2D eigenvalue weighted by Crippen LogP contribution is -2.22. The maximum atomic E-state index is 14.0. The van der Waals surface area contributed by atoms with Crippen LogP contribution in [0.5, 0.6) is 5.75 Å². The van der Waals surface area contributed by atoms with Gasteiger partial charge in [-0.1, -0.05) is 50.2 Å². The van der Waals surface area contributed by atoms with Crippen molar-refractivity contribution in [1.29, 1.82) is 0 Å². The topological polar surface area (TPSA) is 21.3 Å². The van der Waals surface area contributed by atoms with Crippen LogP contribution in [0.4, 0.5) is 4.39 Å². The lowest BCUT2D eigenvalue weighted by molar-refractivity contribution is 0.285. The second-order valence-electron chi connectivity index (χ2n) is 5.48. The zero-order valence-electron chi connectivity index (χ0n) is 12.8. The molecule has 0 aliphatic carbocycles. The van der Waals surface area contributed by atoms with Crippen molar-refractivity contribution in [1.82, 2.24) is 5.32 Å². The number of hydrogen-bond acceptors (Lipinski definition) is 2. The average Bonchev–Trinajstić information content (AvgIpc) is 2.45. The third kappa shape index (κ3) is 4.30. The molecule has 0 heterocycles. The van der Waals surface area contributed by atoms with Gasteiger partial charge >= 0.3 is 0 Å². The van der Waals surface area contributed by atoms with Gasteiger partial charge in [0.05, 0.1) is 0 Å². The molecule has 0 bridgehead atoms. The van der Waals surface area contributed by atoms with Gasteiger partial charge in [-0.05, 0) is 24.1 Å². The van der Waals surface area contributed by atoms with E-state index in [1.165, 1.54) is 6.07 Å². The molecule has 0 aromatic heterocycles. The summed E-state index contributed by atoms with van der Waals surface area (Å²) in [7, 11) is 0. The number of aryl methyl sites for hydroxylation is 1. The summed E-state index contributed by atoms with van der Waals surface area (Å²) in [6.45, 7) is 7.13. The van der Waals surface area contributed by atoms with Gasteiger partial charge in [0.25, 0.3) is 0 Å². The van der Waals surface area contributed by atoms with E-state index in [4.69, 9.17) is 4.74 Å². The Kier molecular flexibility index (Phi) is 5.34. The number of nitrogens with one attached hydrogen (secondary N) is 1. The average molecular weight is 287 g/mol. The molecule has 0 radical (unpaired) electrons. The van der Waals surface area contributed by atoms with Crippen LogP contribution in [0, 0.1) is 12.7 Å². The molecule has 0 unspecified atom stereocenters. The van der Waals surface area contributed by atoms with Crippen LogP contribution in [0.15, 0.2) is 42.5 Å². The van der Waals surface area contributed by atoms with E-state index in [1.54, 1.807) is 6.07 Å². The summed E-state index contributed by atoms with van der Waals surface area (Å²) in [6, 6.07) is 13.4. The molecule has 112 valence electrons. The van der Waals surface area contributed by atoms with Crippen molar-refractivity contribution in [3.8, 4) is 5.75 Å². The number of hydrogen-bond donors (Lipinski definition) is 1. The predicted octanol–water partition coefficient (Wildman–Crippen LogP) is 4.21. The van der Waals surface area contributed by atoms with E-state index in [9.17, 15) is 4.39 Å². The molecule has 2 aromatic carbocycles. The van der Waals surface area contributed by atoms with Crippen LogP contribution in [-0.4, -0.2) is 6.04 Å². The van der Waals surface area contributed by atoms with Crippen LogP contribution in [0.2, 0.25) is 0 Å². The molecular formula is C18H22FNO. The highest BCUT2D eigenvalue weighted by atomic mass is 19.1. The first-order valence-electron chi connectivity index (χ1n) is 7.26. The molecule has 0 aliphatic rings. The SMILES string of the molecule is Cc1ccccc1COc1c(F)cccc1CNC(C)C. The monoisotopic (exact) mass is 287 g/mol.